The van der Waals surface area contributed by atoms with Gasteiger partial charge in [-0.2, -0.15) is 12.7 Å². The lowest BCUT2D eigenvalue weighted by molar-refractivity contribution is -0.0219. The Bertz CT molecular complexity index is 266. The number of hydrogen-bond acceptors (Lipinski definition) is 4. The van der Waals surface area contributed by atoms with Gasteiger partial charge < -0.3 is 10.5 Å². The van der Waals surface area contributed by atoms with E-state index in [-0.39, 0.29) is 18.7 Å². The van der Waals surface area contributed by atoms with Crippen LogP contribution < -0.4 is 10.9 Å². The number of hydrogen-bond donors (Lipinski definition) is 2. The van der Waals surface area contributed by atoms with Crippen molar-refractivity contribution in [1.82, 2.24) is 4.31 Å². The van der Waals surface area contributed by atoms with Gasteiger partial charge >= 0.3 is 0 Å². The molecule has 0 spiro atoms. The van der Waals surface area contributed by atoms with Crippen molar-refractivity contribution < 1.29 is 13.2 Å². The summed E-state index contributed by atoms with van der Waals surface area (Å²) in [5, 5.41) is 5.02. The molecule has 1 fully saturated rings. The molecule has 2 atom stereocenters. The van der Waals surface area contributed by atoms with E-state index in [1.807, 2.05) is 0 Å². The third-order valence-electron chi connectivity index (χ3n) is 2.04. The van der Waals surface area contributed by atoms with Gasteiger partial charge in [0.25, 0.3) is 10.2 Å². The Kier molecular flexibility index (Phi) is 3.25. The SMILES string of the molecule is CC1COC(CN)CN1S(N)(=O)=O. The molecule has 0 aliphatic carbocycles. The van der Waals surface area contributed by atoms with Crippen LogP contribution in [0.15, 0.2) is 0 Å². The van der Waals surface area contributed by atoms with Crippen LogP contribution in [-0.2, 0) is 14.9 Å². The topological polar surface area (TPSA) is 98.7 Å². The number of ether oxygens (including phenoxy) is 1. The van der Waals surface area contributed by atoms with Crippen LogP contribution in [0.4, 0.5) is 0 Å². The molecule has 0 radical (unpaired) electrons. The fourth-order valence-electron chi connectivity index (χ4n) is 1.29. The molecule has 1 heterocycles. The van der Waals surface area contributed by atoms with Gasteiger partial charge in [0.15, 0.2) is 0 Å². The van der Waals surface area contributed by atoms with Gasteiger partial charge in [-0.25, -0.2) is 5.14 Å². The monoisotopic (exact) mass is 209 g/mol. The first-order valence-corrected chi connectivity index (χ1v) is 5.56. The summed E-state index contributed by atoms with van der Waals surface area (Å²) in [6.45, 7) is 2.64. The Balaban J connectivity index is 2.71. The maximum absolute atomic E-state index is 11.1. The molecule has 1 saturated heterocycles. The normalized spacial score (nSPS) is 31.9. The molecule has 1 aliphatic heterocycles. The zero-order valence-electron chi connectivity index (χ0n) is 7.51. The van der Waals surface area contributed by atoms with Gasteiger partial charge in [0.1, 0.15) is 0 Å². The van der Waals surface area contributed by atoms with E-state index in [9.17, 15) is 8.42 Å². The third kappa shape index (κ3) is 2.61. The Morgan fingerprint density at radius 2 is 2.23 bits per heavy atom. The fourth-order valence-corrected chi connectivity index (χ4v) is 2.23. The molecular weight excluding hydrogens is 194 g/mol. The van der Waals surface area contributed by atoms with Crippen LogP contribution in [0.25, 0.3) is 0 Å². The first kappa shape index (κ1) is 10.9. The van der Waals surface area contributed by atoms with Gasteiger partial charge in [-0.3, -0.25) is 0 Å². The summed E-state index contributed by atoms with van der Waals surface area (Å²) in [5.41, 5.74) is 5.37. The molecular formula is C6H15N3O3S. The number of rotatable bonds is 2. The second-order valence-corrected chi connectivity index (χ2v) is 4.65. The van der Waals surface area contributed by atoms with Crippen molar-refractivity contribution in [3.8, 4) is 0 Å². The van der Waals surface area contributed by atoms with Crippen molar-refractivity contribution in [1.29, 1.82) is 0 Å². The highest BCUT2D eigenvalue weighted by Crippen LogP contribution is 2.12. The highest BCUT2D eigenvalue weighted by atomic mass is 32.2. The van der Waals surface area contributed by atoms with E-state index < -0.39 is 10.2 Å². The molecule has 7 heteroatoms. The molecule has 0 saturated carbocycles. The van der Waals surface area contributed by atoms with Gasteiger partial charge in [-0.15, -0.1) is 0 Å². The van der Waals surface area contributed by atoms with Crippen molar-refractivity contribution in [2.24, 2.45) is 10.9 Å². The molecule has 1 aliphatic rings. The molecule has 0 aromatic rings. The summed E-state index contributed by atoms with van der Waals surface area (Å²) in [6.07, 6.45) is -0.241. The summed E-state index contributed by atoms with van der Waals surface area (Å²) >= 11 is 0. The number of nitrogens with zero attached hydrogens (tertiary/aromatic N) is 1. The summed E-state index contributed by atoms with van der Waals surface area (Å²) in [5.74, 6) is 0. The fraction of sp³-hybridized carbons (Fsp3) is 1.00. The molecule has 2 unspecified atom stereocenters. The quantitative estimate of drug-likeness (QED) is 0.562. The molecule has 0 aromatic carbocycles. The minimum absolute atomic E-state index is 0.210. The largest absolute Gasteiger partial charge is 0.374 e. The zero-order valence-corrected chi connectivity index (χ0v) is 8.33. The molecule has 1 rings (SSSR count). The Hall–Kier alpha value is -0.210. The molecule has 6 nitrogen and oxygen atoms in total. The van der Waals surface area contributed by atoms with Crippen molar-refractivity contribution >= 4 is 10.2 Å². The average Bonchev–Trinajstić information content (AvgIpc) is 2.03. The van der Waals surface area contributed by atoms with Crippen LogP contribution in [0, 0.1) is 0 Å². The predicted octanol–water partition coefficient (Wildman–Crippen LogP) is -1.76. The summed E-state index contributed by atoms with van der Waals surface area (Å²) in [7, 11) is -3.62. The standard InChI is InChI=1S/C6H15N3O3S/c1-5-4-12-6(2-7)3-9(5)13(8,10)11/h5-6H,2-4,7H2,1H3,(H2,8,10,11). The lowest BCUT2D eigenvalue weighted by Crippen LogP contribution is -2.54. The maximum Gasteiger partial charge on any atom is 0.277 e. The molecule has 0 amide bonds. The van der Waals surface area contributed by atoms with Crippen molar-refractivity contribution in [2.45, 2.75) is 19.1 Å². The Labute approximate surface area is 78.0 Å². The van der Waals surface area contributed by atoms with Crippen LogP contribution in [0.5, 0.6) is 0 Å². The van der Waals surface area contributed by atoms with Crippen LogP contribution in [-0.4, -0.2) is 44.6 Å². The molecule has 78 valence electrons. The minimum atomic E-state index is -3.62. The predicted molar refractivity (Wildman–Crippen MR) is 48.1 cm³/mol. The van der Waals surface area contributed by atoms with Gasteiger partial charge in [0.05, 0.1) is 12.7 Å². The van der Waals surface area contributed by atoms with E-state index >= 15 is 0 Å². The van der Waals surface area contributed by atoms with Crippen molar-refractivity contribution in [2.75, 3.05) is 19.7 Å². The van der Waals surface area contributed by atoms with E-state index in [4.69, 9.17) is 15.6 Å². The van der Waals surface area contributed by atoms with Crippen molar-refractivity contribution in [3.63, 3.8) is 0 Å². The molecule has 4 N–H and O–H groups in total. The van der Waals surface area contributed by atoms with Crippen LogP contribution in [0.2, 0.25) is 0 Å². The lowest BCUT2D eigenvalue weighted by atomic mass is 10.2. The van der Waals surface area contributed by atoms with Gasteiger partial charge in [-0.05, 0) is 6.92 Å². The summed E-state index contributed by atoms with van der Waals surface area (Å²) < 4.78 is 28.6. The highest BCUT2D eigenvalue weighted by Gasteiger charge is 2.31. The van der Waals surface area contributed by atoms with Crippen LogP contribution in [0.3, 0.4) is 0 Å². The van der Waals surface area contributed by atoms with Gasteiger partial charge in [-0.1, -0.05) is 0 Å². The molecule has 0 aromatic heterocycles. The first-order valence-electron chi connectivity index (χ1n) is 4.06. The minimum Gasteiger partial charge on any atom is -0.374 e. The van der Waals surface area contributed by atoms with Gasteiger partial charge in [0.2, 0.25) is 0 Å². The third-order valence-corrected chi connectivity index (χ3v) is 3.20. The first-order chi connectivity index (χ1) is 5.95. The average molecular weight is 209 g/mol. The van der Waals surface area contributed by atoms with Crippen LogP contribution in [0.1, 0.15) is 6.92 Å². The zero-order chi connectivity index (χ0) is 10.1. The summed E-state index contributed by atoms with van der Waals surface area (Å²) in [6, 6.07) is -0.210. The molecule has 0 bridgehead atoms. The van der Waals surface area contributed by atoms with E-state index in [1.54, 1.807) is 6.92 Å². The van der Waals surface area contributed by atoms with Crippen LogP contribution >= 0.6 is 0 Å². The number of morpholine rings is 1. The van der Waals surface area contributed by atoms with E-state index in [0.717, 1.165) is 0 Å². The summed E-state index contributed by atoms with van der Waals surface area (Å²) in [4.78, 5) is 0. The van der Waals surface area contributed by atoms with E-state index in [1.165, 1.54) is 4.31 Å². The Morgan fingerprint density at radius 1 is 1.62 bits per heavy atom. The van der Waals surface area contributed by atoms with E-state index in [2.05, 4.69) is 0 Å². The van der Waals surface area contributed by atoms with Gasteiger partial charge in [0, 0.05) is 19.1 Å². The maximum atomic E-state index is 11.1. The Morgan fingerprint density at radius 3 is 2.69 bits per heavy atom. The smallest absolute Gasteiger partial charge is 0.277 e. The second-order valence-electron chi connectivity index (χ2n) is 3.15. The lowest BCUT2D eigenvalue weighted by Gasteiger charge is -2.35. The van der Waals surface area contributed by atoms with E-state index in [0.29, 0.717) is 13.2 Å². The molecule has 13 heavy (non-hydrogen) atoms. The van der Waals surface area contributed by atoms with Crippen molar-refractivity contribution in [3.05, 3.63) is 0 Å². The highest BCUT2D eigenvalue weighted by molar-refractivity contribution is 7.86. The second kappa shape index (κ2) is 3.89. The number of nitrogens with two attached hydrogens (primary N) is 2.